The van der Waals surface area contributed by atoms with E-state index in [0.717, 1.165) is 18.4 Å². The monoisotopic (exact) mass is 389 g/mol. The van der Waals surface area contributed by atoms with Crippen molar-refractivity contribution in [3.05, 3.63) is 42.0 Å². The Morgan fingerprint density at radius 1 is 1.00 bits per heavy atom. The van der Waals surface area contributed by atoms with E-state index >= 15 is 0 Å². The van der Waals surface area contributed by atoms with Crippen molar-refractivity contribution in [2.75, 3.05) is 0 Å². The van der Waals surface area contributed by atoms with Crippen LogP contribution < -0.4 is 5.32 Å². The standard InChI is InChI=1S/C24H39NO3/c1-3-4-5-6-7-8-9-10-11-12-13-14-24(28)23(25-20(2)26)19-21-15-17-22(27)18-16-21/h11-12,15-18,23-24,27-28H,3-10,13-14,19H2,1-2H3,(H,25,26)/b12-11-/t23-,24+/m0/s1. The fourth-order valence-electron chi connectivity index (χ4n) is 3.35. The van der Waals surface area contributed by atoms with E-state index in [4.69, 9.17) is 0 Å². The SMILES string of the molecule is CCCCCCCCC/C=C\CC[C@@H](O)[C@H](Cc1ccc(O)cc1)NC(C)=O. The van der Waals surface area contributed by atoms with Gasteiger partial charge in [-0.25, -0.2) is 0 Å². The van der Waals surface area contributed by atoms with Gasteiger partial charge in [0, 0.05) is 6.92 Å². The van der Waals surface area contributed by atoms with Crippen LogP contribution in [-0.2, 0) is 11.2 Å². The molecule has 0 fully saturated rings. The summed E-state index contributed by atoms with van der Waals surface area (Å²) < 4.78 is 0. The second-order valence-electron chi connectivity index (χ2n) is 7.70. The number of rotatable bonds is 15. The molecule has 1 amide bonds. The molecule has 0 radical (unpaired) electrons. The van der Waals surface area contributed by atoms with Crippen molar-refractivity contribution in [1.29, 1.82) is 0 Å². The lowest BCUT2D eigenvalue weighted by Gasteiger charge is -2.23. The molecule has 1 aromatic carbocycles. The normalized spacial score (nSPS) is 13.5. The smallest absolute Gasteiger partial charge is 0.217 e. The molecule has 28 heavy (non-hydrogen) atoms. The van der Waals surface area contributed by atoms with E-state index in [1.165, 1.54) is 51.9 Å². The predicted octanol–water partition coefficient (Wildman–Crippen LogP) is 5.28. The first-order valence-corrected chi connectivity index (χ1v) is 10.9. The highest BCUT2D eigenvalue weighted by molar-refractivity contribution is 5.73. The van der Waals surface area contributed by atoms with E-state index in [1.54, 1.807) is 12.1 Å². The van der Waals surface area contributed by atoms with Gasteiger partial charge >= 0.3 is 0 Å². The van der Waals surface area contributed by atoms with Gasteiger partial charge in [0.1, 0.15) is 5.75 Å². The van der Waals surface area contributed by atoms with Gasteiger partial charge in [-0.05, 0) is 49.8 Å². The number of hydrogen-bond acceptors (Lipinski definition) is 3. The number of aliphatic hydroxyl groups is 1. The number of aromatic hydroxyl groups is 1. The number of allylic oxidation sites excluding steroid dienone is 2. The van der Waals surface area contributed by atoms with Crippen molar-refractivity contribution >= 4 is 5.91 Å². The molecule has 3 N–H and O–H groups in total. The molecule has 158 valence electrons. The van der Waals surface area contributed by atoms with Gasteiger partial charge in [0.25, 0.3) is 0 Å². The van der Waals surface area contributed by atoms with Crippen LogP contribution in [0.3, 0.4) is 0 Å². The van der Waals surface area contributed by atoms with Crippen molar-refractivity contribution in [3.8, 4) is 5.75 Å². The fraction of sp³-hybridized carbons (Fsp3) is 0.625. The van der Waals surface area contributed by atoms with Gasteiger partial charge < -0.3 is 15.5 Å². The highest BCUT2D eigenvalue weighted by Gasteiger charge is 2.20. The maximum absolute atomic E-state index is 11.5. The molecule has 1 aromatic rings. The van der Waals surface area contributed by atoms with Crippen LogP contribution in [0, 0.1) is 0 Å². The van der Waals surface area contributed by atoms with Crippen molar-refractivity contribution in [2.24, 2.45) is 0 Å². The maximum Gasteiger partial charge on any atom is 0.217 e. The zero-order valence-corrected chi connectivity index (χ0v) is 17.7. The lowest BCUT2D eigenvalue weighted by molar-refractivity contribution is -0.120. The van der Waals surface area contributed by atoms with Crippen molar-refractivity contribution in [3.63, 3.8) is 0 Å². The minimum absolute atomic E-state index is 0.141. The third-order valence-corrected chi connectivity index (χ3v) is 5.02. The van der Waals surface area contributed by atoms with Crippen LogP contribution in [0.25, 0.3) is 0 Å². The summed E-state index contributed by atoms with van der Waals surface area (Å²) in [5, 5.41) is 22.8. The van der Waals surface area contributed by atoms with Gasteiger partial charge in [-0.1, -0.05) is 69.7 Å². The minimum atomic E-state index is -0.596. The lowest BCUT2D eigenvalue weighted by atomic mass is 9.98. The molecule has 0 aliphatic heterocycles. The second-order valence-corrected chi connectivity index (χ2v) is 7.70. The number of amides is 1. The number of aliphatic hydroxyl groups excluding tert-OH is 1. The summed E-state index contributed by atoms with van der Waals surface area (Å²) in [5.41, 5.74) is 0.977. The summed E-state index contributed by atoms with van der Waals surface area (Å²) >= 11 is 0. The molecule has 0 bridgehead atoms. The van der Waals surface area contributed by atoms with Crippen molar-refractivity contribution in [2.45, 2.75) is 96.6 Å². The highest BCUT2D eigenvalue weighted by Crippen LogP contribution is 2.15. The Morgan fingerprint density at radius 3 is 2.25 bits per heavy atom. The quantitative estimate of drug-likeness (QED) is 0.282. The zero-order valence-electron chi connectivity index (χ0n) is 17.7. The Morgan fingerprint density at radius 2 is 1.61 bits per heavy atom. The number of phenols is 1. The third kappa shape index (κ3) is 11.8. The predicted molar refractivity (Wildman–Crippen MR) is 116 cm³/mol. The Balaban J connectivity index is 2.27. The van der Waals surface area contributed by atoms with Gasteiger partial charge in [-0.15, -0.1) is 0 Å². The first-order chi connectivity index (χ1) is 13.5. The van der Waals surface area contributed by atoms with E-state index in [2.05, 4.69) is 24.4 Å². The zero-order chi connectivity index (χ0) is 20.6. The van der Waals surface area contributed by atoms with Gasteiger partial charge in [0.2, 0.25) is 5.91 Å². The molecule has 4 heteroatoms. The molecular formula is C24H39NO3. The summed E-state index contributed by atoms with van der Waals surface area (Å²) in [6.45, 7) is 3.71. The summed E-state index contributed by atoms with van der Waals surface area (Å²) in [4.78, 5) is 11.5. The Bertz CT molecular complexity index is 553. The molecule has 0 saturated carbocycles. The number of phenolic OH excluding ortho intramolecular Hbond substituents is 1. The summed E-state index contributed by atoms with van der Waals surface area (Å²) in [7, 11) is 0. The van der Waals surface area contributed by atoms with E-state index < -0.39 is 6.10 Å². The van der Waals surface area contributed by atoms with Crippen LogP contribution in [0.1, 0.15) is 83.6 Å². The number of hydrogen-bond donors (Lipinski definition) is 3. The minimum Gasteiger partial charge on any atom is -0.508 e. The molecule has 0 heterocycles. The Labute approximate surface area is 171 Å². The molecule has 0 spiro atoms. The third-order valence-electron chi connectivity index (χ3n) is 5.02. The molecule has 1 rings (SSSR count). The van der Waals surface area contributed by atoms with Crippen LogP contribution in [0.4, 0.5) is 0 Å². The topological polar surface area (TPSA) is 69.6 Å². The van der Waals surface area contributed by atoms with Gasteiger partial charge in [0.15, 0.2) is 0 Å². The first kappa shape index (κ1) is 24.2. The molecule has 0 saturated heterocycles. The molecule has 0 aromatic heterocycles. The average Bonchev–Trinajstić information content (AvgIpc) is 2.66. The lowest BCUT2D eigenvalue weighted by Crippen LogP contribution is -2.43. The largest absolute Gasteiger partial charge is 0.508 e. The van der Waals surface area contributed by atoms with Gasteiger partial charge in [-0.3, -0.25) is 4.79 Å². The number of carbonyl (C=O) groups excluding carboxylic acids is 1. The molecular weight excluding hydrogens is 350 g/mol. The number of nitrogens with one attached hydrogen (secondary N) is 1. The summed E-state index contributed by atoms with van der Waals surface area (Å²) in [5.74, 6) is 0.0729. The van der Waals surface area contributed by atoms with E-state index in [1.807, 2.05) is 12.1 Å². The first-order valence-electron chi connectivity index (χ1n) is 10.9. The van der Waals surface area contributed by atoms with Gasteiger partial charge in [0.05, 0.1) is 12.1 Å². The molecule has 4 nitrogen and oxygen atoms in total. The number of unbranched alkanes of at least 4 members (excludes halogenated alkanes) is 7. The van der Waals surface area contributed by atoms with Gasteiger partial charge in [-0.2, -0.15) is 0 Å². The van der Waals surface area contributed by atoms with E-state index in [0.29, 0.717) is 12.8 Å². The summed E-state index contributed by atoms with van der Waals surface area (Å²) in [6, 6.07) is 6.56. The van der Waals surface area contributed by atoms with Crippen LogP contribution in [0.15, 0.2) is 36.4 Å². The molecule has 0 aliphatic carbocycles. The number of benzene rings is 1. The molecule has 2 atom stereocenters. The Kier molecular flexibility index (Phi) is 13.1. The number of carbonyl (C=O) groups is 1. The van der Waals surface area contributed by atoms with Crippen LogP contribution >= 0.6 is 0 Å². The Hall–Kier alpha value is -1.81. The van der Waals surface area contributed by atoms with Crippen molar-refractivity contribution < 1.29 is 15.0 Å². The second kappa shape index (κ2) is 15.2. The molecule has 0 aliphatic rings. The highest BCUT2D eigenvalue weighted by atomic mass is 16.3. The van der Waals surface area contributed by atoms with E-state index in [9.17, 15) is 15.0 Å². The maximum atomic E-state index is 11.5. The van der Waals surface area contributed by atoms with Crippen LogP contribution in [0.5, 0.6) is 5.75 Å². The average molecular weight is 390 g/mol. The summed E-state index contributed by atoms with van der Waals surface area (Å²) in [6.07, 6.45) is 16.1. The van der Waals surface area contributed by atoms with Crippen LogP contribution in [-0.4, -0.2) is 28.3 Å². The van der Waals surface area contributed by atoms with Crippen LogP contribution in [0.2, 0.25) is 0 Å². The molecule has 0 unspecified atom stereocenters. The van der Waals surface area contributed by atoms with Crippen molar-refractivity contribution in [1.82, 2.24) is 5.32 Å². The van der Waals surface area contributed by atoms with E-state index in [-0.39, 0.29) is 17.7 Å². The fourth-order valence-corrected chi connectivity index (χ4v) is 3.35.